The van der Waals surface area contributed by atoms with Crippen LogP contribution in [-0.2, 0) is 0 Å². The predicted octanol–water partition coefficient (Wildman–Crippen LogP) is 8.96. The number of hydrogen-bond donors (Lipinski definition) is 0. The molecule has 0 saturated carbocycles. The molecule has 0 spiro atoms. The van der Waals surface area contributed by atoms with Crippen molar-refractivity contribution >= 4 is 21.6 Å². The zero-order valence-electron chi connectivity index (χ0n) is 18.0. The zero-order valence-corrected chi connectivity index (χ0v) is 18.8. The first-order valence-electron chi connectivity index (χ1n) is 11.1. The molecular weight excluding hydrogens is 418 g/mol. The molecule has 0 aliphatic rings. The van der Waals surface area contributed by atoms with Gasteiger partial charge in [0.25, 0.3) is 0 Å². The van der Waals surface area contributed by atoms with Crippen molar-refractivity contribution < 1.29 is 0 Å². The summed E-state index contributed by atoms with van der Waals surface area (Å²) in [5, 5.41) is 1.06. The standard InChI is InChI=1S/C31H21NS/c1-2-7-22(8-3-1)23-13-15-24(16-14-23)25-17-19-26(20-18-25)27-9-6-10-28(21-27)31-32-29-11-4-5-12-30(29)33-31/h1-21H. The summed E-state index contributed by atoms with van der Waals surface area (Å²) in [7, 11) is 0. The highest BCUT2D eigenvalue weighted by atomic mass is 32.1. The molecule has 6 rings (SSSR count). The second-order valence-corrected chi connectivity index (χ2v) is 9.12. The molecule has 2 heteroatoms. The Hall–Kier alpha value is -4.01. The largest absolute Gasteiger partial charge is 0.236 e. The molecule has 1 nitrogen and oxygen atoms in total. The first-order chi connectivity index (χ1) is 16.3. The van der Waals surface area contributed by atoms with Gasteiger partial charge in [0.05, 0.1) is 10.2 Å². The van der Waals surface area contributed by atoms with Crippen molar-refractivity contribution in [2.75, 3.05) is 0 Å². The Morgan fingerprint density at radius 2 is 0.879 bits per heavy atom. The maximum absolute atomic E-state index is 4.82. The van der Waals surface area contributed by atoms with Gasteiger partial charge in [-0.3, -0.25) is 0 Å². The topological polar surface area (TPSA) is 12.9 Å². The van der Waals surface area contributed by atoms with E-state index in [-0.39, 0.29) is 0 Å². The van der Waals surface area contributed by atoms with Gasteiger partial charge < -0.3 is 0 Å². The molecule has 33 heavy (non-hydrogen) atoms. The first kappa shape index (κ1) is 19.7. The summed E-state index contributed by atoms with van der Waals surface area (Å²) in [4.78, 5) is 4.82. The molecule has 0 saturated heterocycles. The van der Waals surface area contributed by atoms with Crippen LogP contribution in [0.15, 0.2) is 127 Å². The molecule has 1 heterocycles. The molecule has 6 aromatic rings. The Morgan fingerprint density at radius 1 is 0.394 bits per heavy atom. The number of nitrogens with zero attached hydrogens (tertiary/aromatic N) is 1. The molecule has 0 amide bonds. The summed E-state index contributed by atoms with van der Waals surface area (Å²) in [6.45, 7) is 0. The highest BCUT2D eigenvalue weighted by molar-refractivity contribution is 7.21. The third kappa shape index (κ3) is 3.97. The van der Waals surface area contributed by atoms with E-state index < -0.39 is 0 Å². The fourth-order valence-electron chi connectivity index (χ4n) is 4.17. The molecule has 5 aromatic carbocycles. The Labute approximate surface area is 197 Å². The van der Waals surface area contributed by atoms with Crippen molar-refractivity contribution in [1.82, 2.24) is 4.98 Å². The second-order valence-electron chi connectivity index (χ2n) is 8.09. The molecule has 1 aromatic heterocycles. The van der Waals surface area contributed by atoms with Crippen LogP contribution in [0.1, 0.15) is 0 Å². The van der Waals surface area contributed by atoms with Crippen LogP contribution in [0.2, 0.25) is 0 Å². The lowest BCUT2D eigenvalue weighted by Gasteiger charge is -2.08. The fraction of sp³-hybridized carbons (Fsp3) is 0. The van der Waals surface area contributed by atoms with E-state index in [9.17, 15) is 0 Å². The molecule has 0 radical (unpaired) electrons. The molecule has 0 fully saturated rings. The maximum Gasteiger partial charge on any atom is 0.124 e. The van der Waals surface area contributed by atoms with Crippen molar-refractivity contribution in [1.29, 1.82) is 0 Å². The molecule has 0 bridgehead atoms. The number of para-hydroxylation sites is 1. The number of aromatic nitrogens is 1. The van der Waals surface area contributed by atoms with Crippen LogP contribution in [0, 0.1) is 0 Å². The number of benzene rings is 5. The summed E-state index contributed by atoms with van der Waals surface area (Å²) in [6, 6.07) is 45.1. The van der Waals surface area contributed by atoms with E-state index in [0.29, 0.717) is 0 Å². The zero-order chi connectivity index (χ0) is 22.0. The molecular formula is C31H21NS. The Balaban J connectivity index is 1.27. The van der Waals surface area contributed by atoms with Crippen LogP contribution >= 0.6 is 11.3 Å². The lowest BCUT2D eigenvalue weighted by Crippen LogP contribution is -1.83. The van der Waals surface area contributed by atoms with E-state index in [4.69, 9.17) is 4.98 Å². The van der Waals surface area contributed by atoms with Crippen molar-refractivity contribution in [3.05, 3.63) is 127 Å². The van der Waals surface area contributed by atoms with E-state index in [1.807, 2.05) is 12.1 Å². The molecule has 0 unspecified atom stereocenters. The van der Waals surface area contributed by atoms with Gasteiger partial charge in [-0.1, -0.05) is 109 Å². The van der Waals surface area contributed by atoms with E-state index in [2.05, 4.69) is 115 Å². The van der Waals surface area contributed by atoms with Gasteiger partial charge in [0.2, 0.25) is 0 Å². The van der Waals surface area contributed by atoms with Gasteiger partial charge in [0, 0.05) is 5.56 Å². The van der Waals surface area contributed by atoms with E-state index in [0.717, 1.165) is 16.1 Å². The van der Waals surface area contributed by atoms with Gasteiger partial charge in [-0.2, -0.15) is 0 Å². The smallest absolute Gasteiger partial charge is 0.124 e. The Kier molecular flexibility index (Phi) is 5.06. The molecule has 0 N–H and O–H groups in total. The predicted molar refractivity (Wildman–Crippen MR) is 141 cm³/mol. The minimum atomic E-state index is 1.06. The molecule has 0 aliphatic heterocycles. The third-order valence-electron chi connectivity index (χ3n) is 5.95. The third-order valence-corrected chi connectivity index (χ3v) is 7.03. The van der Waals surface area contributed by atoms with Crippen molar-refractivity contribution in [3.63, 3.8) is 0 Å². The summed E-state index contributed by atoms with van der Waals surface area (Å²) in [5.41, 5.74) is 9.57. The summed E-state index contributed by atoms with van der Waals surface area (Å²) < 4.78 is 1.22. The van der Waals surface area contributed by atoms with Gasteiger partial charge in [-0.15, -0.1) is 11.3 Å². The number of rotatable bonds is 4. The van der Waals surface area contributed by atoms with Gasteiger partial charge in [-0.05, 0) is 51.6 Å². The van der Waals surface area contributed by atoms with E-state index in [1.54, 1.807) is 11.3 Å². The quantitative estimate of drug-likeness (QED) is 0.267. The summed E-state index contributed by atoms with van der Waals surface area (Å²) >= 11 is 1.74. The Bertz CT molecular complexity index is 1500. The van der Waals surface area contributed by atoms with Gasteiger partial charge in [0.15, 0.2) is 0 Å². The van der Waals surface area contributed by atoms with Crippen molar-refractivity contribution in [2.45, 2.75) is 0 Å². The first-order valence-corrected chi connectivity index (χ1v) is 11.9. The van der Waals surface area contributed by atoms with Crippen LogP contribution in [0.25, 0.3) is 54.2 Å². The van der Waals surface area contributed by atoms with Crippen LogP contribution in [0.4, 0.5) is 0 Å². The van der Waals surface area contributed by atoms with Crippen molar-refractivity contribution in [2.24, 2.45) is 0 Å². The lowest BCUT2D eigenvalue weighted by atomic mass is 9.97. The summed E-state index contributed by atoms with van der Waals surface area (Å²) in [5.74, 6) is 0. The van der Waals surface area contributed by atoms with Crippen LogP contribution < -0.4 is 0 Å². The monoisotopic (exact) mass is 439 g/mol. The fourth-order valence-corrected chi connectivity index (χ4v) is 5.13. The van der Waals surface area contributed by atoms with E-state index in [1.165, 1.54) is 38.1 Å². The highest BCUT2D eigenvalue weighted by Crippen LogP contribution is 2.33. The van der Waals surface area contributed by atoms with Crippen LogP contribution in [0.3, 0.4) is 0 Å². The minimum Gasteiger partial charge on any atom is -0.236 e. The Morgan fingerprint density at radius 3 is 1.52 bits per heavy atom. The SMILES string of the molecule is c1ccc(-c2ccc(-c3ccc(-c4cccc(-c5nc6ccccc6s5)c4)cc3)cc2)cc1. The maximum atomic E-state index is 4.82. The molecule has 0 atom stereocenters. The van der Waals surface area contributed by atoms with Gasteiger partial charge in [0.1, 0.15) is 5.01 Å². The number of hydrogen-bond acceptors (Lipinski definition) is 2. The highest BCUT2D eigenvalue weighted by Gasteiger charge is 2.08. The van der Waals surface area contributed by atoms with Gasteiger partial charge in [-0.25, -0.2) is 4.98 Å². The molecule has 156 valence electrons. The van der Waals surface area contributed by atoms with E-state index >= 15 is 0 Å². The van der Waals surface area contributed by atoms with Gasteiger partial charge >= 0.3 is 0 Å². The lowest BCUT2D eigenvalue weighted by molar-refractivity contribution is 1.47. The minimum absolute atomic E-state index is 1.06. The average Bonchev–Trinajstić information content (AvgIpc) is 3.34. The number of thiazole rings is 1. The second kappa shape index (κ2) is 8.50. The van der Waals surface area contributed by atoms with Crippen LogP contribution in [0.5, 0.6) is 0 Å². The normalized spacial score (nSPS) is 11.0. The van der Waals surface area contributed by atoms with Crippen molar-refractivity contribution in [3.8, 4) is 44.0 Å². The molecule has 0 aliphatic carbocycles. The van der Waals surface area contributed by atoms with Crippen LogP contribution in [-0.4, -0.2) is 4.98 Å². The average molecular weight is 440 g/mol. The summed E-state index contributed by atoms with van der Waals surface area (Å²) in [6.07, 6.45) is 0. The number of fused-ring (bicyclic) bond motifs is 1.